The topological polar surface area (TPSA) is 24.1 Å². The van der Waals surface area contributed by atoms with Crippen LogP contribution in [0.2, 0.25) is 0 Å². The maximum absolute atomic E-state index is 5.66. The van der Waals surface area contributed by atoms with E-state index in [9.17, 15) is 0 Å². The van der Waals surface area contributed by atoms with Crippen LogP contribution in [0.1, 0.15) is 13.8 Å². The molecule has 1 aromatic carbocycles. The smallest absolute Gasteiger partial charge is 0.101 e. The van der Waals surface area contributed by atoms with Crippen molar-refractivity contribution in [1.82, 2.24) is 10.2 Å². The highest BCUT2D eigenvalue weighted by Crippen LogP contribution is 2.34. The van der Waals surface area contributed by atoms with E-state index >= 15 is 0 Å². The summed E-state index contributed by atoms with van der Waals surface area (Å²) in [5.41, 5.74) is 0. The summed E-state index contributed by atoms with van der Waals surface area (Å²) in [7, 11) is 0. The van der Waals surface area contributed by atoms with E-state index in [0.29, 0.717) is 0 Å². The van der Waals surface area contributed by atoms with Gasteiger partial charge < -0.3 is 0 Å². The molecule has 2 N–H and O–H groups in total. The lowest BCUT2D eigenvalue weighted by Crippen LogP contribution is -2.29. The van der Waals surface area contributed by atoms with Crippen molar-refractivity contribution in [3.05, 3.63) is 30.3 Å². The van der Waals surface area contributed by atoms with Crippen molar-refractivity contribution in [2.75, 3.05) is 13.1 Å². The fraction of sp³-hybridized carbons (Fsp3) is 0.400. The molecule has 0 heterocycles. The molecule has 0 fully saturated rings. The molecule has 4 heteroatoms. The molecule has 1 aromatic rings. The first-order valence-corrected chi connectivity index (χ1v) is 7.69. The second-order valence-electron chi connectivity index (χ2n) is 2.97. The van der Waals surface area contributed by atoms with Gasteiger partial charge in [-0.3, -0.25) is 10.2 Å². The largest absolute Gasteiger partial charge is 0.274 e. The molecule has 0 radical (unpaired) electrons. The Bertz CT molecular complexity index is 303. The summed E-state index contributed by atoms with van der Waals surface area (Å²) in [5.74, 6) is 0. The number of benzene rings is 1. The second-order valence-corrected chi connectivity index (χ2v) is 6.98. The molecule has 0 aromatic heterocycles. The summed E-state index contributed by atoms with van der Waals surface area (Å²) >= 11 is 5.66. The lowest BCUT2D eigenvalue weighted by molar-refractivity contribution is 0.949. The molecule has 0 saturated carbocycles. The molecule has 14 heavy (non-hydrogen) atoms. The van der Waals surface area contributed by atoms with Gasteiger partial charge in [-0.2, -0.15) is 0 Å². The van der Waals surface area contributed by atoms with Crippen molar-refractivity contribution >= 4 is 23.5 Å². The Hall–Kier alpha value is -0.210. The third-order valence-corrected chi connectivity index (χ3v) is 5.84. The normalized spacial score (nSPS) is 11.6. The molecule has 0 aliphatic heterocycles. The van der Waals surface area contributed by atoms with Crippen LogP contribution in [0.3, 0.4) is 0 Å². The van der Waals surface area contributed by atoms with E-state index in [4.69, 9.17) is 11.8 Å². The lowest BCUT2D eigenvalue weighted by Gasteiger charge is -2.23. The molecule has 0 unspecified atom stereocenters. The molecule has 0 amide bonds. The minimum absolute atomic E-state index is 0.902. The van der Waals surface area contributed by atoms with Crippen molar-refractivity contribution in [2.24, 2.45) is 0 Å². The summed E-state index contributed by atoms with van der Waals surface area (Å²) in [5, 5.41) is 7.99. The summed E-state index contributed by atoms with van der Waals surface area (Å²) in [4.78, 5) is 0. The molecule has 0 aliphatic carbocycles. The van der Waals surface area contributed by atoms with Crippen LogP contribution in [-0.4, -0.2) is 13.1 Å². The van der Waals surface area contributed by atoms with Gasteiger partial charge in [0, 0.05) is 5.30 Å². The fourth-order valence-corrected chi connectivity index (χ4v) is 4.42. The standard InChI is InChI=1S/C10H17N2PS/c1-3-11-13(14,12-4-2)10-8-6-5-7-9-10/h5-9H,3-4H2,1-2H3,(H2,11,12,14). The third kappa shape index (κ3) is 2.89. The highest BCUT2D eigenvalue weighted by atomic mass is 32.4. The fourth-order valence-electron chi connectivity index (χ4n) is 1.32. The molecule has 1 rings (SSSR count). The SMILES string of the molecule is CCNP(=S)(NCC)c1ccccc1. The van der Waals surface area contributed by atoms with Crippen LogP contribution in [-0.2, 0) is 11.8 Å². The Morgan fingerprint density at radius 2 is 1.57 bits per heavy atom. The summed E-state index contributed by atoms with van der Waals surface area (Å²) in [6, 6.07) is 10.3. The van der Waals surface area contributed by atoms with Crippen LogP contribution >= 0.6 is 6.34 Å². The number of hydrogen-bond donors (Lipinski definition) is 2. The van der Waals surface area contributed by atoms with Gasteiger partial charge in [-0.25, -0.2) is 0 Å². The molecule has 0 bridgehead atoms. The van der Waals surface area contributed by atoms with E-state index in [0.717, 1.165) is 13.1 Å². The summed E-state index contributed by atoms with van der Waals surface area (Å²) in [6.07, 6.45) is -1.74. The van der Waals surface area contributed by atoms with Gasteiger partial charge in [-0.15, -0.1) is 0 Å². The molecule has 0 saturated heterocycles. The zero-order chi connectivity index (χ0) is 10.4. The van der Waals surface area contributed by atoms with Crippen LogP contribution in [0.5, 0.6) is 0 Å². The van der Waals surface area contributed by atoms with Crippen molar-refractivity contribution in [2.45, 2.75) is 13.8 Å². The van der Waals surface area contributed by atoms with Crippen molar-refractivity contribution < 1.29 is 0 Å². The first kappa shape index (κ1) is 11.9. The van der Waals surface area contributed by atoms with E-state index in [1.165, 1.54) is 5.30 Å². The van der Waals surface area contributed by atoms with Crippen LogP contribution in [0, 0.1) is 0 Å². The Morgan fingerprint density at radius 1 is 1.07 bits per heavy atom. The minimum atomic E-state index is -1.74. The van der Waals surface area contributed by atoms with E-state index in [-0.39, 0.29) is 0 Å². The average Bonchev–Trinajstić information content (AvgIpc) is 2.20. The molecular weight excluding hydrogens is 211 g/mol. The number of nitrogens with one attached hydrogen (secondary N) is 2. The van der Waals surface area contributed by atoms with Gasteiger partial charge in [-0.1, -0.05) is 56.0 Å². The van der Waals surface area contributed by atoms with Gasteiger partial charge in [0.05, 0.1) is 0 Å². The van der Waals surface area contributed by atoms with Crippen LogP contribution < -0.4 is 15.5 Å². The summed E-state index contributed by atoms with van der Waals surface area (Å²) in [6.45, 7) is 5.97. The third-order valence-electron chi connectivity index (χ3n) is 1.88. The Labute approximate surface area is 91.2 Å². The van der Waals surface area contributed by atoms with Gasteiger partial charge >= 0.3 is 0 Å². The van der Waals surface area contributed by atoms with E-state index < -0.39 is 6.34 Å². The highest BCUT2D eigenvalue weighted by molar-refractivity contribution is 8.16. The Balaban J connectivity index is 2.94. The Morgan fingerprint density at radius 3 is 2.00 bits per heavy atom. The van der Waals surface area contributed by atoms with Gasteiger partial charge in [0.1, 0.15) is 6.34 Å². The van der Waals surface area contributed by atoms with Gasteiger partial charge in [0.25, 0.3) is 0 Å². The van der Waals surface area contributed by atoms with Gasteiger partial charge in [-0.05, 0) is 13.1 Å². The summed E-state index contributed by atoms with van der Waals surface area (Å²) < 4.78 is 0. The molecule has 0 atom stereocenters. The predicted molar refractivity (Wildman–Crippen MR) is 67.7 cm³/mol. The highest BCUT2D eigenvalue weighted by Gasteiger charge is 2.15. The number of hydrogen-bond acceptors (Lipinski definition) is 1. The zero-order valence-corrected chi connectivity index (χ0v) is 10.4. The quantitative estimate of drug-likeness (QED) is 0.752. The first-order valence-electron chi connectivity index (χ1n) is 4.89. The van der Waals surface area contributed by atoms with Gasteiger partial charge in [0.2, 0.25) is 0 Å². The second kappa shape index (κ2) is 5.62. The van der Waals surface area contributed by atoms with Crippen LogP contribution in [0.15, 0.2) is 30.3 Å². The van der Waals surface area contributed by atoms with Crippen LogP contribution in [0.4, 0.5) is 0 Å². The van der Waals surface area contributed by atoms with Crippen molar-refractivity contribution in [3.63, 3.8) is 0 Å². The average molecular weight is 228 g/mol. The molecular formula is C10H17N2PS. The van der Waals surface area contributed by atoms with E-state index in [2.05, 4.69) is 36.2 Å². The van der Waals surface area contributed by atoms with Gasteiger partial charge in [0.15, 0.2) is 0 Å². The minimum Gasteiger partial charge on any atom is -0.274 e. The maximum atomic E-state index is 5.66. The maximum Gasteiger partial charge on any atom is 0.101 e. The van der Waals surface area contributed by atoms with Crippen molar-refractivity contribution in [3.8, 4) is 0 Å². The molecule has 78 valence electrons. The molecule has 0 spiro atoms. The molecule has 0 aliphatic rings. The zero-order valence-electron chi connectivity index (χ0n) is 8.66. The van der Waals surface area contributed by atoms with E-state index in [1.807, 2.05) is 18.2 Å². The van der Waals surface area contributed by atoms with E-state index in [1.54, 1.807) is 0 Å². The predicted octanol–water partition coefficient (Wildman–Crippen LogP) is 1.84. The van der Waals surface area contributed by atoms with Crippen molar-refractivity contribution in [1.29, 1.82) is 0 Å². The lowest BCUT2D eigenvalue weighted by atomic mass is 10.4. The monoisotopic (exact) mass is 228 g/mol. The Kier molecular flexibility index (Phi) is 4.76. The first-order chi connectivity index (χ1) is 6.73. The van der Waals surface area contributed by atoms with Crippen LogP contribution in [0.25, 0.3) is 0 Å². The number of rotatable bonds is 5. The molecule has 2 nitrogen and oxygen atoms in total.